The monoisotopic (exact) mass is 638 g/mol. The van der Waals surface area contributed by atoms with Crippen LogP contribution in [-0.2, 0) is 9.59 Å². The topological polar surface area (TPSA) is 144 Å². The van der Waals surface area contributed by atoms with Crippen LogP contribution >= 0.6 is 0 Å². The van der Waals surface area contributed by atoms with Crippen molar-refractivity contribution in [3.8, 4) is 11.1 Å². The van der Waals surface area contributed by atoms with Gasteiger partial charge in [-0.1, -0.05) is 74.5 Å². The first kappa shape index (κ1) is 31.6. The fourth-order valence-corrected chi connectivity index (χ4v) is 5.98. The third-order valence-corrected chi connectivity index (χ3v) is 8.42. The van der Waals surface area contributed by atoms with Crippen LogP contribution in [0.1, 0.15) is 26.7 Å². The zero-order valence-electron chi connectivity index (χ0n) is 26.2. The van der Waals surface area contributed by atoms with Crippen molar-refractivity contribution in [2.75, 3.05) is 10.6 Å². The normalized spacial score (nSPS) is 16.5. The molecular weight excluding hydrogens is 608 g/mol. The molecule has 4 aromatic rings. The van der Waals surface area contributed by atoms with Crippen LogP contribution in [0.15, 0.2) is 143 Å². The number of nitrogens with one attached hydrogen (secondary N) is 2. The number of anilines is 2. The molecule has 10 nitrogen and oxygen atoms in total. The van der Waals surface area contributed by atoms with Crippen molar-refractivity contribution < 1.29 is 19.4 Å². The highest BCUT2D eigenvalue weighted by Gasteiger charge is 2.25. The average molecular weight is 639 g/mol. The van der Waals surface area contributed by atoms with Crippen LogP contribution in [-0.4, -0.2) is 21.4 Å². The first-order valence-electron chi connectivity index (χ1n) is 15.4. The summed E-state index contributed by atoms with van der Waals surface area (Å²) in [6.07, 6.45) is 8.82. The minimum absolute atomic E-state index is 0.158. The Kier molecular flexibility index (Phi) is 8.63. The highest BCUT2D eigenvalue weighted by atomic mass is 16.6. The molecule has 6 rings (SSSR count). The van der Waals surface area contributed by atoms with Crippen molar-refractivity contribution in [2.45, 2.75) is 26.7 Å². The number of ketones is 2. The molecule has 4 aromatic carbocycles. The number of fused-ring (bicyclic) bond motifs is 2. The van der Waals surface area contributed by atoms with E-state index in [0.717, 1.165) is 32.7 Å². The lowest BCUT2D eigenvalue weighted by Crippen LogP contribution is -2.14. The van der Waals surface area contributed by atoms with Crippen LogP contribution < -0.4 is 10.6 Å². The lowest BCUT2D eigenvalue weighted by molar-refractivity contribution is -0.419. The van der Waals surface area contributed by atoms with E-state index in [-0.39, 0.29) is 34.1 Å². The summed E-state index contributed by atoms with van der Waals surface area (Å²) in [6, 6.07) is 23.3. The maximum absolute atomic E-state index is 13.2. The predicted octanol–water partition coefficient (Wildman–Crippen LogP) is 8.41. The van der Waals surface area contributed by atoms with Gasteiger partial charge in [0.05, 0.1) is 9.85 Å². The molecule has 0 aliphatic heterocycles. The van der Waals surface area contributed by atoms with Crippen molar-refractivity contribution >= 4 is 44.5 Å². The summed E-state index contributed by atoms with van der Waals surface area (Å²) in [5, 5.41) is 33.5. The van der Waals surface area contributed by atoms with Gasteiger partial charge in [0.15, 0.2) is 11.6 Å². The molecule has 0 saturated carbocycles. The number of hydrogen-bond acceptors (Lipinski definition) is 8. The van der Waals surface area contributed by atoms with Gasteiger partial charge in [0.2, 0.25) is 0 Å². The van der Waals surface area contributed by atoms with Gasteiger partial charge in [0.25, 0.3) is 11.4 Å². The van der Waals surface area contributed by atoms with E-state index in [2.05, 4.69) is 10.6 Å². The van der Waals surface area contributed by atoms with Crippen molar-refractivity contribution in [3.05, 3.63) is 163 Å². The fourth-order valence-electron chi connectivity index (χ4n) is 5.98. The van der Waals surface area contributed by atoms with Gasteiger partial charge >= 0.3 is 0 Å². The number of hydrogen-bond donors (Lipinski definition) is 2. The van der Waals surface area contributed by atoms with E-state index in [9.17, 15) is 29.8 Å². The highest BCUT2D eigenvalue weighted by molar-refractivity contribution is 6.15. The SMILES string of the molecule is CCC1=CC([N+](=O)[O-])=C/C(=C/Nc2ccc3ccccc3c2-c2c(N/C=C3/C=C([N+](=O)[O-])C=C(CC)C3=O)ccc3ccccc23)C1=O. The first-order chi connectivity index (χ1) is 23.2. The van der Waals surface area contributed by atoms with Crippen LogP contribution in [0, 0.1) is 20.2 Å². The largest absolute Gasteiger partial charge is 0.360 e. The Morgan fingerprint density at radius 1 is 0.583 bits per heavy atom. The zero-order valence-corrected chi connectivity index (χ0v) is 26.2. The summed E-state index contributed by atoms with van der Waals surface area (Å²) in [4.78, 5) is 48.6. The van der Waals surface area contributed by atoms with Crippen LogP contribution in [0.2, 0.25) is 0 Å². The Morgan fingerprint density at radius 2 is 0.979 bits per heavy atom. The minimum atomic E-state index is -0.514. The summed E-state index contributed by atoms with van der Waals surface area (Å²) >= 11 is 0. The molecule has 0 radical (unpaired) electrons. The van der Waals surface area contributed by atoms with E-state index >= 15 is 0 Å². The predicted molar refractivity (Wildman–Crippen MR) is 187 cm³/mol. The maximum Gasteiger partial charge on any atom is 0.270 e. The van der Waals surface area contributed by atoms with Crippen molar-refractivity contribution in [1.82, 2.24) is 0 Å². The van der Waals surface area contributed by atoms with E-state index in [1.807, 2.05) is 72.8 Å². The number of allylic oxidation sites excluding steroid dienone is 8. The molecule has 0 amide bonds. The quantitative estimate of drug-likeness (QED) is 0.106. The highest BCUT2D eigenvalue weighted by Crippen LogP contribution is 2.44. The molecule has 0 fully saturated rings. The fraction of sp³-hybridized carbons (Fsp3) is 0.105. The second-order valence-corrected chi connectivity index (χ2v) is 11.3. The standard InChI is InChI=1S/C38H30N4O6/c1-3-23-17-29(41(45)46)19-27(37(23)43)21-39-33-15-13-25-9-5-7-11-31(25)35(33)36-32-12-8-6-10-26(32)14-16-34(36)40-22-28-20-30(42(47)48)18-24(4-2)38(28)44/h5-22,39-40H,3-4H2,1-2H3/b27-21-,28-22-. The second kappa shape index (κ2) is 13.1. The Labute approximate surface area is 275 Å². The van der Waals surface area contributed by atoms with Gasteiger partial charge in [-0.25, -0.2) is 0 Å². The van der Waals surface area contributed by atoms with Gasteiger partial charge in [-0.3, -0.25) is 29.8 Å². The molecule has 2 aliphatic rings. The molecule has 0 saturated heterocycles. The molecule has 238 valence electrons. The van der Waals surface area contributed by atoms with Crippen molar-refractivity contribution in [3.63, 3.8) is 0 Å². The number of nitro groups is 2. The number of carbonyl (C=O) groups excluding carboxylic acids is 2. The molecule has 0 bridgehead atoms. The number of carbonyl (C=O) groups is 2. The van der Waals surface area contributed by atoms with E-state index in [1.54, 1.807) is 13.8 Å². The van der Waals surface area contributed by atoms with E-state index in [0.29, 0.717) is 35.4 Å². The molecule has 0 unspecified atom stereocenters. The molecule has 2 N–H and O–H groups in total. The summed E-state index contributed by atoms with van der Waals surface area (Å²) in [5.41, 5.74) is 3.49. The molecule has 10 heteroatoms. The van der Waals surface area contributed by atoms with Crippen LogP contribution in [0.5, 0.6) is 0 Å². The number of nitrogens with zero attached hydrogens (tertiary/aromatic N) is 2. The maximum atomic E-state index is 13.2. The lowest BCUT2D eigenvalue weighted by Gasteiger charge is -2.20. The Hall–Kier alpha value is -6.42. The third kappa shape index (κ3) is 5.94. The van der Waals surface area contributed by atoms with Gasteiger partial charge in [0, 0.05) is 81.5 Å². The second-order valence-electron chi connectivity index (χ2n) is 11.3. The minimum Gasteiger partial charge on any atom is -0.360 e. The Bertz CT molecular complexity index is 2090. The summed E-state index contributed by atoms with van der Waals surface area (Å²) in [6.45, 7) is 3.55. The van der Waals surface area contributed by atoms with Gasteiger partial charge in [-0.15, -0.1) is 0 Å². The number of rotatable bonds is 9. The molecular formula is C38H30N4O6. The van der Waals surface area contributed by atoms with Gasteiger partial charge in [-0.2, -0.15) is 0 Å². The van der Waals surface area contributed by atoms with Gasteiger partial charge in [-0.05, 0) is 46.5 Å². The smallest absolute Gasteiger partial charge is 0.270 e. The first-order valence-corrected chi connectivity index (χ1v) is 15.4. The molecule has 0 spiro atoms. The lowest BCUT2D eigenvalue weighted by atomic mass is 9.90. The molecule has 0 aromatic heterocycles. The van der Waals surface area contributed by atoms with Crippen LogP contribution in [0.3, 0.4) is 0 Å². The van der Waals surface area contributed by atoms with Gasteiger partial charge < -0.3 is 10.6 Å². The summed E-state index contributed by atoms with van der Waals surface area (Å²) < 4.78 is 0. The van der Waals surface area contributed by atoms with Crippen LogP contribution in [0.4, 0.5) is 11.4 Å². The summed E-state index contributed by atoms with van der Waals surface area (Å²) in [5.74, 6) is -0.589. The van der Waals surface area contributed by atoms with Crippen molar-refractivity contribution in [2.24, 2.45) is 0 Å². The molecule has 0 atom stereocenters. The van der Waals surface area contributed by atoms with E-state index in [1.165, 1.54) is 36.7 Å². The van der Waals surface area contributed by atoms with Gasteiger partial charge in [0.1, 0.15) is 0 Å². The average Bonchev–Trinajstić information content (AvgIpc) is 3.10. The number of benzene rings is 4. The Morgan fingerprint density at radius 3 is 1.35 bits per heavy atom. The van der Waals surface area contributed by atoms with Crippen LogP contribution in [0.25, 0.3) is 32.7 Å². The third-order valence-electron chi connectivity index (χ3n) is 8.42. The van der Waals surface area contributed by atoms with E-state index < -0.39 is 9.85 Å². The molecule has 2 aliphatic carbocycles. The zero-order chi connectivity index (χ0) is 33.9. The summed E-state index contributed by atoms with van der Waals surface area (Å²) in [7, 11) is 0. The molecule has 48 heavy (non-hydrogen) atoms. The Balaban J connectivity index is 1.54. The van der Waals surface area contributed by atoms with Crippen molar-refractivity contribution in [1.29, 1.82) is 0 Å². The molecule has 0 heterocycles. The van der Waals surface area contributed by atoms with E-state index in [4.69, 9.17) is 0 Å². The number of Topliss-reactive ketones (excluding diaryl/α,β-unsaturated/α-hetero) is 2.